The largest absolute Gasteiger partial charge is 0.439 e. The summed E-state index contributed by atoms with van der Waals surface area (Å²) in [6.45, 7) is 5.94. The Kier molecular flexibility index (Phi) is 5.34. The minimum absolute atomic E-state index is 0.214. The van der Waals surface area contributed by atoms with Gasteiger partial charge in [-0.2, -0.15) is 4.98 Å². The normalized spacial score (nSPS) is 10.7. The van der Waals surface area contributed by atoms with E-state index >= 15 is 0 Å². The molecule has 0 unspecified atom stereocenters. The Morgan fingerprint density at radius 3 is 2.56 bits per heavy atom. The molecule has 3 rings (SSSR count). The maximum Gasteiger partial charge on any atom is 0.223 e. The van der Waals surface area contributed by atoms with E-state index in [4.69, 9.17) is 4.74 Å². The molecule has 0 saturated heterocycles. The van der Waals surface area contributed by atoms with E-state index in [1.165, 1.54) is 23.4 Å². The van der Waals surface area contributed by atoms with Gasteiger partial charge in [-0.15, -0.1) is 0 Å². The van der Waals surface area contributed by atoms with E-state index in [1.807, 2.05) is 39.0 Å². The average molecular weight is 354 g/mol. The molecule has 0 bridgehead atoms. The molecule has 0 saturated carbocycles. The molecular formula is C20H19FN2OS. The summed E-state index contributed by atoms with van der Waals surface area (Å²) in [5.74, 6) is 1.53. The van der Waals surface area contributed by atoms with Gasteiger partial charge < -0.3 is 4.74 Å². The molecule has 0 aliphatic carbocycles. The zero-order chi connectivity index (χ0) is 17.8. The number of ether oxygens (including phenoxy) is 1. The van der Waals surface area contributed by atoms with E-state index in [0.717, 1.165) is 17.0 Å². The van der Waals surface area contributed by atoms with E-state index in [2.05, 4.69) is 16.0 Å². The number of thioether (sulfide) groups is 1. The van der Waals surface area contributed by atoms with Crippen LogP contribution in [-0.4, -0.2) is 9.97 Å². The number of benzene rings is 2. The first kappa shape index (κ1) is 17.4. The smallest absolute Gasteiger partial charge is 0.223 e. The fourth-order valence-electron chi connectivity index (χ4n) is 2.41. The summed E-state index contributed by atoms with van der Waals surface area (Å²) in [4.78, 5) is 8.85. The molecule has 0 N–H and O–H groups in total. The molecule has 3 nitrogen and oxygen atoms in total. The summed E-state index contributed by atoms with van der Waals surface area (Å²) >= 11 is 1.39. The standard InChI is InChI=1S/C20H19FN2OS/c1-13-8-9-18(14(2)10-13)24-19-11-15(3)22-20(23-19)25-12-16-6-4-5-7-17(16)21/h4-11H,12H2,1-3H3. The van der Waals surface area contributed by atoms with Crippen molar-refractivity contribution in [3.63, 3.8) is 0 Å². The molecule has 1 aromatic heterocycles. The Labute approximate surface area is 151 Å². The van der Waals surface area contributed by atoms with Gasteiger partial charge in [-0.1, -0.05) is 47.7 Å². The minimum atomic E-state index is -0.214. The van der Waals surface area contributed by atoms with Crippen molar-refractivity contribution in [2.75, 3.05) is 0 Å². The Bertz CT molecular complexity index is 899. The lowest BCUT2D eigenvalue weighted by molar-refractivity contribution is 0.451. The maximum absolute atomic E-state index is 13.7. The van der Waals surface area contributed by atoms with E-state index < -0.39 is 0 Å². The van der Waals surface area contributed by atoms with Crippen molar-refractivity contribution in [3.8, 4) is 11.6 Å². The van der Waals surface area contributed by atoms with Gasteiger partial charge in [0.15, 0.2) is 5.16 Å². The monoisotopic (exact) mass is 354 g/mol. The first-order valence-electron chi connectivity index (χ1n) is 7.98. The summed E-state index contributed by atoms with van der Waals surface area (Å²) in [6.07, 6.45) is 0. The molecule has 0 fully saturated rings. The van der Waals surface area contributed by atoms with Crippen LogP contribution in [0.3, 0.4) is 0 Å². The predicted molar refractivity (Wildman–Crippen MR) is 98.7 cm³/mol. The molecule has 5 heteroatoms. The second-order valence-electron chi connectivity index (χ2n) is 5.88. The molecular weight excluding hydrogens is 335 g/mol. The zero-order valence-corrected chi connectivity index (χ0v) is 15.2. The van der Waals surface area contributed by atoms with Crippen molar-refractivity contribution >= 4 is 11.8 Å². The summed E-state index contributed by atoms with van der Waals surface area (Å²) in [5.41, 5.74) is 3.68. The molecule has 0 amide bonds. The van der Waals surface area contributed by atoms with Crippen LogP contribution in [0.25, 0.3) is 0 Å². The average Bonchev–Trinajstić information content (AvgIpc) is 2.56. The van der Waals surface area contributed by atoms with Gasteiger partial charge in [-0.25, -0.2) is 9.37 Å². The third kappa shape index (κ3) is 4.57. The predicted octanol–water partition coefficient (Wildman–Crippen LogP) is 5.63. The van der Waals surface area contributed by atoms with Crippen molar-refractivity contribution in [3.05, 3.63) is 76.7 Å². The second-order valence-corrected chi connectivity index (χ2v) is 6.82. The van der Waals surface area contributed by atoms with E-state index in [1.54, 1.807) is 18.2 Å². The molecule has 0 atom stereocenters. The summed E-state index contributed by atoms with van der Waals surface area (Å²) in [6, 6.07) is 14.5. The number of nitrogens with zero attached hydrogens (tertiary/aromatic N) is 2. The van der Waals surface area contributed by atoms with Gasteiger partial charge in [0.25, 0.3) is 0 Å². The fourth-order valence-corrected chi connectivity index (χ4v) is 3.30. The molecule has 3 aromatic rings. The Morgan fingerprint density at radius 2 is 1.80 bits per heavy atom. The summed E-state index contributed by atoms with van der Waals surface area (Å²) < 4.78 is 19.7. The second kappa shape index (κ2) is 7.66. The first-order chi connectivity index (χ1) is 12.0. The number of rotatable bonds is 5. The van der Waals surface area contributed by atoms with Crippen molar-refractivity contribution < 1.29 is 9.13 Å². The minimum Gasteiger partial charge on any atom is -0.439 e. The van der Waals surface area contributed by atoms with Crippen molar-refractivity contribution in [1.29, 1.82) is 0 Å². The van der Waals surface area contributed by atoms with Crippen LogP contribution in [0.1, 0.15) is 22.4 Å². The van der Waals surface area contributed by atoms with Gasteiger partial charge in [-0.3, -0.25) is 0 Å². The van der Waals surface area contributed by atoms with Gasteiger partial charge in [-0.05, 0) is 44.0 Å². The van der Waals surface area contributed by atoms with Crippen LogP contribution in [-0.2, 0) is 5.75 Å². The van der Waals surface area contributed by atoms with Crippen LogP contribution >= 0.6 is 11.8 Å². The molecule has 0 spiro atoms. The number of aryl methyl sites for hydroxylation is 3. The molecule has 0 aliphatic heterocycles. The van der Waals surface area contributed by atoms with Crippen molar-refractivity contribution in [2.24, 2.45) is 0 Å². The molecule has 2 aromatic carbocycles. The highest BCUT2D eigenvalue weighted by atomic mass is 32.2. The van der Waals surface area contributed by atoms with Crippen molar-refractivity contribution in [2.45, 2.75) is 31.7 Å². The van der Waals surface area contributed by atoms with Crippen LogP contribution in [0, 0.1) is 26.6 Å². The van der Waals surface area contributed by atoms with Crippen LogP contribution in [0.15, 0.2) is 53.7 Å². The van der Waals surface area contributed by atoms with Gasteiger partial charge in [0.2, 0.25) is 5.88 Å². The summed E-state index contributed by atoms with van der Waals surface area (Å²) in [5, 5.41) is 0.572. The highest BCUT2D eigenvalue weighted by molar-refractivity contribution is 7.98. The van der Waals surface area contributed by atoms with Crippen molar-refractivity contribution in [1.82, 2.24) is 9.97 Å². The van der Waals surface area contributed by atoms with Crippen LogP contribution in [0.5, 0.6) is 11.6 Å². The first-order valence-corrected chi connectivity index (χ1v) is 8.97. The molecule has 128 valence electrons. The topological polar surface area (TPSA) is 35.0 Å². The molecule has 25 heavy (non-hydrogen) atoms. The molecule has 0 radical (unpaired) electrons. The number of hydrogen-bond acceptors (Lipinski definition) is 4. The summed E-state index contributed by atoms with van der Waals surface area (Å²) in [7, 11) is 0. The fraction of sp³-hybridized carbons (Fsp3) is 0.200. The highest BCUT2D eigenvalue weighted by Crippen LogP contribution is 2.27. The Morgan fingerprint density at radius 1 is 1.00 bits per heavy atom. The van der Waals surface area contributed by atoms with E-state index in [-0.39, 0.29) is 5.82 Å². The van der Waals surface area contributed by atoms with Gasteiger partial charge in [0.05, 0.1) is 0 Å². The highest BCUT2D eigenvalue weighted by Gasteiger charge is 2.09. The van der Waals surface area contributed by atoms with Gasteiger partial charge >= 0.3 is 0 Å². The van der Waals surface area contributed by atoms with E-state index in [0.29, 0.717) is 22.4 Å². The number of hydrogen-bond donors (Lipinski definition) is 0. The maximum atomic E-state index is 13.7. The van der Waals surface area contributed by atoms with E-state index in [9.17, 15) is 4.39 Å². The lowest BCUT2D eigenvalue weighted by Gasteiger charge is -2.10. The number of halogens is 1. The zero-order valence-electron chi connectivity index (χ0n) is 14.4. The van der Waals surface area contributed by atoms with Gasteiger partial charge in [0.1, 0.15) is 11.6 Å². The van der Waals surface area contributed by atoms with Gasteiger partial charge in [0, 0.05) is 17.5 Å². The Balaban J connectivity index is 1.77. The third-order valence-electron chi connectivity index (χ3n) is 3.67. The molecule has 1 heterocycles. The van der Waals surface area contributed by atoms with Crippen LogP contribution in [0.2, 0.25) is 0 Å². The quantitative estimate of drug-likeness (QED) is 0.440. The molecule has 0 aliphatic rings. The number of aromatic nitrogens is 2. The third-order valence-corrected chi connectivity index (χ3v) is 4.57. The lowest BCUT2D eigenvalue weighted by Crippen LogP contribution is -1.97. The Hall–Kier alpha value is -2.40. The lowest BCUT2D eigenvalue weighted by atomic mass is 10.1. The SMILES string of the molecule is Cc1ccc(Oc2cc(C)nc(SCc3ccccc3F)n2)c(C)c1. The van der Waals surface area contributed by atoms with Crippen LogP contribution in [0.4, 0.5) is 4.39 Å². The van der Waals surface area contributed by atoms with Crippen LogP contribution < -0.4 is 4.74 Å².